The van der Waals surface area contributed by atoms with Gasteiger partial charge in [0.05, 0.1) is 24.4 Å². The van der Waals surface area contributed by atoms with Crippen LogP contribution in [0.5, 0.6) is 0 Å². The largest absolute Gasteiger partial charge is 0.350 e. The van der Waals surface area contributed by atoms with E-state index < -0.39 is 29.8 Å². The molecule has 3 N–H and O–H groups in total. The maximum Gasteiger partial charge on any atom is 0.277 e. The number of hydrogen-bond donors (Lipinski definition) is 2. The molecule has 0 aliphatic carbocycles. The fraction of sp³-hybridized carbons (Fsp3) is 0.364. The van der Waals surface area contributed by atoms with Crippen LogP contribution in [0.3, 0.4) is 0 Å². The topological polar surface area (TPSA) is 98.3 Å². The van der Waals surface area contributed by atoms with E-state index in [9.17, 15) is 23.7 Å². The minimum Gasteiger partial charge on any atom is -0.350 e. The summed E-state index contributed by atoms with van der Waals surface area (Å²) in [6.07, 6.45) is -0.167. The summed E-state index contributed by atoms with van der Waals surface area (Å²) in [4.78, 5) is 21.5. The van der Waals surface area contributed by atoms with Crippen molar-refractivity contribution in [1.29, 1.82) is 0 Å². The van der Waals surface area contributed by atoms with E-state index >= 15 is 0 Å². The van der Waals surface area contributed by atoms with E-state index in [1.807, 2.05) is 0 Å². The van der Waals surface area contributed by atoms with Gasteiger partial charge in [-0.05, 0) is 5.56 Å². The molecule has 0 saturated carbocycles. The Labute approximate surface area is 121 Å². The van der Waals surface area contributed by atoms with Crippen molar-refractivity contribution in [3.63, 3.8) is 0 Å². The Kier molecular flexibility index (Phi) is 5.52. The van der Waals surface area contributed by atoms with Crippen LogP contribution < -0.4 is 11.1 Å². The number of halogens is 3. The normalized spacial score (nSPS) is 11.2. The van der Waals surface area contributed by atoms with E-state index in [0.29, 0.717) is 10.0 Å². The van der Waals surface area contributed by atoms with Crippen LogP contribution in [-0.4, -0.2) is 29.8 Å². The van der Waals surface area contributed by atoms with Gasteiger partial charge in [0.15, 0.2) is 0 Å². The number of nitrogens with zero attached hydrogens (tertiary/aromatic N) is 1. The zero-order chi connectivity index (χ0) is 15.3. The molecule has 0 fully saturated rings. The van der Waals surface area contributed by atoms with Crippen molar-refractivity contribution in [2.75, 3.05) is 13.1 Å². The molecule has 0 radical (unpaired) electrons. The lowest BCUT2D eigenvalue weighted by molar-refractivity contribution is -0.384. The van der Waals surface area contributed by atoms with Crippen LogP contribution in [0.1, 0.15) is 5.56 Å². The molecule has 0 bridgehead atoms. The number of non-ortho nitro benzene ring substituents is 1. The molecule has 0 saturated heterocycles. The first-order valence-electron chi connectivity index (χ1n) is 5.52. The summed E-state index contributed by atoms with van der Waals surface area (Å²) < 4.78 is 26.1. The van der Waals surface area contributed by atoms with E-state index in [-0.39, 0.29) is 12.1 Å². The number of nitrogens with one attached hydrogen (secondary N) is 1. The van der Waals surface area contributed by atoms with Crippen molar-refractivity contribution >= 4 is 27.5 Å². The van der Waals surface area contributed by atoms with Crippen LogP contribution in [0.4, 0.5) is 14.5 Å². The van der Waals surface area contributed by atoms with Gasteiger partial charge in [-0.15, -0.1) is 0 Å². The molecule has 0 atom stereocenters. The highest BCUT2D eigenvalue weighted by molar-refractivity contribution is 9.10. The fourth-order valence-corrected chi connectivity index (χ4v) is 1.84. The number of benzene rings is 1. The van der Waals surface area contributed by atoms with Gasteiger partial charge in [-0.1, -0.05) is 22.0 Å². The van der Waals surface area contributed by atoms with E-state index in [1.54, 1.807) is 0 Å². The van der Waals surface area contributed by atoms with E-state index in [2.05, 4.69) is 21.2 Å². The molecule has 1 aromatic carbocycles. The minimum atomic E-state index is -3.15. The van der Waals surface area contributed by atoms with Crippen molar-refractivity contribution in [3.8, 4) is 0 Å². The van der Waals surface area contributed by atoms with Crippen molar-refractivity contribution in [3.05, 3.63) is 38.3 Å². The van der Waals surface area contributed by atoms with Crippen LogP contribution in [0.15, 0.2) is 22.7 Å². The standard InChI is InChI=1S/C11H12BrF2N3O3/c12-9-4-8(17(19)20)2-1-7(9)3-10(18)16-6-11(13,14)5-15/h1-2,4H,3,5-6,15H2,(H,16,18). The van der Waals surface area contributed by atoms with Gasteiger partial charge in [0.1, 0.15) is 0 Å². The zero-order valence-corrected chi connectivity index (χ0v) is 11.8. The number of carbonyl (C=O) groups excluding carboxylic acids is 1. The van der Waals surface area contributed by atoms with Crippen molar-refractivity contribution in [2.24, 2.45) is 5.73 Å². The highest BCUT2D eigenvalue weighted by Gasteiger charge is 2.27. The Morgan fingerprint density at radius 2 is 2.15 bits per heavy atom. The monoisotopic (exact) mass is 351 g/mol. The highest BCUT2D eigenvalue weighted by Crippen LogP contribution is 2.23. The van der Waals surface area contributed by atoms with Gasteiger partial charge in [0.25, 0.3) is 11.6 Å². The first-order valence-corrected chi connectivity index (χ1v) is 6.32. The number of nitro benzene ring substituents is 1. The second kappa shape index (κ2) is 6.71. The Bertz CT molecular complexity index is 526. The SMILES string of the molecule is NCC(F)(F)CNC(=O)Cc1ccc([N+](=O)[O-])cc1Br. The summed E-state index contributed by atoms with van der Waals surface area (Å²) in [5.41, 5.74) is 5.17. The predicted octanol–water partition coefficient (Wildman–Crippen LogP) is 1.61. The fourth-order valence-electron chi connectivity index (χ4n) is 1.33. The minimum absolute atomic E-state index is 0.129. The lowest BCUT2D eigenvalue weighted by atomic mass is 10.1. The molecule has 0 spiro atoms. The molecule has 9 heteroatoms. The van der Waals surface area contributed by atoms with Crippen molar-refractivity contribution < 1.29 is 18.5 Å². The summed E-state index contributed by atoms with van der Waals surface area (Å²) in [7, 11) is 0. The smallest absolute Gasteiger partial charge is 0.277 e. The van der Waals surface area contributed by atoms with Crippen LogP contribution in [0.2, 0.25) is 0 Å². The molecule has 0 aliphatic rings. The average Bonchev–Trinajstić information content (AvgIpc) is 2.39. The Morgan fingerprint density at radius 3 is 2.65 bits per heavy atom. The van der Waals surface area contributed by atoms with Crippen LogP contribution in [0, 0.1) is 10.1 Å². The number of alkyl halides is 2. The van der Waals surface area contributed by atoms with Crippen molar-refractivity contribution in [2.45, 2.75) is 12.3 Å². The third kappa shape index (κ3) is 4.82. The summed E-state index contributed by atoms with van der Waals surface area (Å²) >= 11 is 3.10. The van der Waals surface area contributed by atoms with Crippen LogP contribution in [0.25, 0.3) is 0 Å². The van der Waals surface area contributed by atoms with Gasteiger partial charge in [0.2, 0.25) is 5.91 Å². The molecular weight excluding hydrogens is 340 g/mol. The number of nitro groups is 1. The average molecular weight is 352 g/mol. The lowest BCUT2D eigenvalue weighted by Crippen LogP contribution is -2.42. The molecule has 0 aliphatic heterocycles. The number of amides is 1. The molecule has 0 aromatic heterocycles. The first-order chi connectivity index (χ1) is 9.25. The Morgan fingerprint density at radius 1 is 1.50 bits per heavy atom. The van der Waals surface area contributed by atoms with E-state index in [0.717, 1.165) is 0 Å². The molecule has 0 unspecified atom stereocenters. The first kappa shape index (κ1) is 16.4. The molecule has 0 heterocycles. The van der Waals surface area contributed by atoms with Gasteiger partial charge in [-0.25, -0.2) is 8.78 Å². The molecule has 1 aromatic rings. The van der Waals surface area contributed by atoms with Gasteiger partial charge >= 0.3 is 0 Å². The number of nitrogens with two attached hydrogens (primary N) is 1. The number of hydrogen-bond acceptors (Lipinski definition) is 4. The third-order valence-electron chi connectivity index (χ3n) is 2.44. The zero-order valence-electron chi connectivity index (χ0n) is 10.2. The van der Waals surface area contributed by atoms with Crippen LogP contribution >= 0.6 is 15.9 Å². The van der Waals surface area contributed by atoms with E-state index in [1.165, 1.54) is 18.2 Å². The number of carbonyl (C=O) groups is 1. The van der Waals surface area contributed by atoms with E-state index in [4.69, 9.17) is 5.73 Å². The Hall–Kier alpha value is -1.61. The molecule has 6 nitrogen and oxygen atoms in total. The molecule has 20 heavy (non-hydrogen) atoms. The molecule has 1 rings (SSSR count). The lowest BCUT2D eigenvalue weighted by Gasteiger charge is -2.14. The van der Waals surface area contributed by atoms with Crippen molar-refractivity contribution in [1.82, 2.24) is 5.32 Å². The van der Waals surface area contributed by atoms with Gasteiger partial charge in [-0.2, -0.15) is 0 Å². The molecular formula is C11H12BrF2N3O3. The third-order valence-corrected chi connectivity index (χ3v) is 3.18. The predicted molar refractivity (Wildman–Crippen MR) is 71.5 cm³/mol. The summed E-state index contributed by atoms with van der Waals surface area (Å²) in [5, 5.41) is 12.6. The van der Waals surface area contributed by atoms with Gasteiger partial charge < -0.3 is 11.1 Å². The number of rotatable bonds is 6. The second-order valence-corrected chi connectivity index (χ2v) is 4.90. The molecule has 110 valence electrons. The van der Waals surface area contributed by atoms with Gasteiger partial charge in [0, 0.05) is 16.6 Å². The second-order valence-electron chi connectivity index (χ2n) is 4.05. The van der Waals surface area contributed by atoms with Gasteiger partial charge in [-0.3, -0.25) is 14.9 Å². The summed E-state index contributed by atoms with van der Waals surface area (Å²) in [6, 6.07) is 3.88. The van der Waals surface area contributed by atoms with Crippen LogP contribution in [-0.2, 0) is 11.2 Å². The molecule has 1 amide bonds. The summed E-state index contributed by atoms with van der Waals surface area (Å²) in [6.45, 7) is -1.69. The quantitative estimate of drug-likeness (QED) is 0.600. The highest BCUT2D eigenvalue weighted by atomic mass is 79.9. The maximum atomic E-state index is 12.8. The Balaban J connectivity index is 2.65. The summed E-state index contributed by atoms with van der Waals surface area (Å²) in [5.74, 6) is -3.77. The maximum absolute atomic E-state index is 12.8.